The molecule has 0 bridgehead atoms. The molecule has 142 valence electrons. The second kappa shape index (κ2) is 6.97. The predicted octanol–water partition coefficient (Wildman–Crippen LogP) is 3.83. The molecule has 0 radical (unpaired) electrons. The third-order valence-corrected chi connectivity index (χ3v) is 7.01. The summed E-state index contributed by atoms with van der Waals surface area (Å²) < 4.78 is 30.9. The van der Waals surface area contributed by atoms with Crippen molar-refractivity contribution in [2.75, 3.05) is 14.1 Å². The fourth-order valence-electron chi connectivity index (χ4n) is 2.75. The minimum Gasteiger partial charge on any atom is -0.422 e. The third-order valence-electron chi connectivity index (χ3n) is 4.30. The Kier molecular flexibility index (Phi) is 4.62. The first-order chi connectivity index (χ1) is 13.4. The first-order valence-corrected chi connectivity index (χ1v) is 10.7. The Morgan fingerprint density at radius 3 is 2.46 bits per heavy atom. The van der Waals surface area contributed by atoms with Gasteiger partial charge in [-0.25, -0.2) is 22.5 Å². The van der Waals surface area contributed by atoms with Crippen molar-refractivity contribution in [3.63, 3.8) is 0 Å². The first kappa shape index (κ1) is 18.5. The van der Waals surface area contributed by atoms with Crippen molar-refractivity contribution in [3.05, 3.63) is 70.4 Å². The van der Waals surface area contributed by atoms with Crippen molar-refractivity contribution < 1.29 is 12.8 Å². The number of hydrogen-bond donors (Lipinski definition) is 0. The van der Waals surface area contributed by atoms with E-state index < -0.39 is 15.6 Å². The first-order valence-electron chi connectivity index (χ1n) is 8.38. The van der Waals surface area contributed by atoms with E-state index in [1.54, 1.807) is 36.4 Å². The number of hydrogen-bond acceptors (Lipinski definition) is 6. The smallest absolute Gasteiger partial charge is 0.346 e. The average Bonchev–Trinajstić information content (AvgIpc) is 3.17. The van der Waals surface area contributed by atoms with E-state index in [0.29, 0.717) is 21.8 Å². The van der Waals surface area contributed by atoms with Gasteiger partial charge in [-0.2, -0.15) is 0 Å². The zero-order valence-corrected chi connectivity index (χ0v) is 16.8. The molecule has 4 rings (SSSR count). The van der Waals surface area contributed by atoms with Gasteiger partial charge in [-0.15, -0.1) is 11.3 Å². The van der Waals surface area contributed by atoms with Crippen LogP contribution < -0.4 is 5.63 Å². The van der Waals surface area contributed by atoms with E-state index in [9.17, 15) is 13.2 Å². The summed E-state index contributed by atoms with van der Waals surface area (Å²) in [5.41, 5.74) is 1.94. The highest BCUT2D eigenvalue weighted by atomic mass is 32.2. The van der Waals surface area contributed by atoms with E-state index in [1.807, 2.05) is 23.6 Å². The molecular weight excluding hydrogens is 396 g/mol. The Morgan fingerprint density at radius 1 is 1.04 bits per heavy atom. The molecule has 0 fully saturated rings. The maximum atomic E-state index is 12.3. The number of nitrogens with zero attached hydrogens (tertiary/aromatic N) is 2. The molecule has 6 nitrogen and oxygen atoms in total. The molecule has 8 heteroatoms. The lowest BCUT2D eigenvalue weighted by atomic mass is 10.1. The Hall–Kier alpha value is -2.81. The molecule has 0 aliphatic rings. The monoisotopic (exact) mass is 412 g/mol. The Balaban J connectivity index is 1.71. The number of fused-ring (bicyclic) bond motifs is 1. The second-order valence-electron chi connectivity index (χ2n) is 6.34. The summed E-state index contributed by atoms with van der Waals surface area (Å²) in [5, 5.41) is 3.21. The van der Waals surface area contributed by atoms with Crippen molar-refractivity contribution in [1.82, 2.24) is 9.29 Å². The molecular formula is C20H16N2O4S2. The van der Waals surface area contributed by atoms with Crippen molar-refractivity contribution in [1.29, 1.82) is 0 Å². The summed E-state index contributed by atoms with van der Waals surface area (Å²) in [5.74, 6) is 0. The second-order valence-corrected chi connectivity index (χ2v) is 9.34. The fraction of sp³-hybridized carbons (Fsp3) is 0.100. The molecule has 0 amide bonds. The average molecular weight is 412 g/mol. The molecule has 0 N–H and O–H groups in total. The van der Waals surface area contributed by atoms with Crippen LogP contribution in [0.25, 0.3) is 32.8 Å². The van der Waals surface area contributed by atoms with Gasteiger partial charge < -0.3 is 4.42 Å². The molecule has 2 aromatic carbocycles. The quantitative estimate of drug-likeness (QED) is 0.476. The van der Waals surface area contributed by atoms with Crippen LogP contribution in [-0.4, -0.2) is 31.8 Å². The third kappa shape index (κ3) is 3.26. The van der Waals surface area contributed by atoms with Gasteiger partial charge in [-0.3, -0.25) is 0 Å². The molecule has 0 aliphatic heterocycles. The number of para-hydroxylation sites is 1. The van der Waals surface area contributed by atoms with Gasteiger partial charge >= 0.3 is 5.63 Å². The molecule has 28 heavy (non-hydrogen) atoms. The lowest BCUT2D eigenvalue weighted by molar-refractivity contribution is 0.521. The van der Waals surface area contributed by atoms with Crippen LogP contribution in [0, 0.1) is 0 Å². The van der Waals surface area contributed by atoms with Crippen molar-refractivity contribution in [2.24, 2.45) is 0 Å². The minimum absolute atomic E-state index is 0.215. The van der Waals surface area contributed by atoms with Crippen LogP contribution in [0.3, 0.4) is 0 Å². The van der Waals surface area contributed by atoms with Gasteiger partial charge in [0.15, 0.2) is 0 Å². The highest BCUT2D eigenvalue weighted by molar-refractivity contribution is 7.89. The van der Waals surface area contributed by atoms with Gasteiger partial charge in [-0.1, -0.05) is 30.3 Å². The Bertz CT molecular complexity index is 1320. The highest BCUT2D eigenvalue weighted by Gasteiger charge is 2.17. The zero-order chi connectivity index (χ0) is 19.9. The SMILES string of the molecule is CN(C)S(=O)(=O)c1ccc(-c2csc(-c3cc4ccccc4oc3=O)n2)cc1. The van der Waals surface area contributed by atoms with E-state index in [1.165, 1.54) is 29.7 Å². The maximum Gasteiger partial charge on any atom is 0.346 e. The van der Waals surface area contributed by atoms with Crippen LogP contribution in [0.1, 0.15) is 0 Å². The Morgan fingerprint density at radius 2 is 1.75 bits per heavy atom. The summed E-state index contributed by atoms with van der Waals surface area (Å²) in [6.07, 6.45) is 0. The summed E-state index contributed by atoms with van der Waals surface area (Å²) in [4.78, 5) is 17.1. The maximum absolute atomic E-state index is 12.3. The van der Waals surface area contributed by atoms with Gasteiger partial charge in [-0.05, 0) is 24.3 Å². The van der Waals surface area contributed by atoms with E-state index >= 15 is 0 Å². The van der Waals surface area contributed by atoms with E-state index in [-0.39, 0.29) is 4.90 Å². The topological polar surface area (TPSA) is 80.5 Å². The zero-order valence-electron chi connectivity index (χ0n) is 15.1. The molecule has 4 aromatic rings. The van der Waals surface area contributed by atoms with Gasteiger partial charge in [0.1, 0.15) is 10.6 Å². The van der Waals surface area contributed by atoms with Crippen LogP contribution in [0.5, 0.6) is 0 Å². The van der Waals surface area contributed by atoms with E-state index in [2.05, 4.69) is 4.98 Å². The standard InChI is InChI=1S/C20H16N2O4S2/c1-22(2)28(24,25)15-9-7-13(8-10-15)17-12-27-19(21-17)16-11-14-5-3-4-6-18(14)26-20(16)23/h3-12H,1-2H3. The summed E-state index contributed by atoms with van der Waals surface area (Å²) in [7, 11) is -0.496. The van der Waals surface area contributed by atoms with Crippen molar-refractivity contribution in [3.8, 4) is 21.8 Å². The molecule has 0 saturated carbocycles. The van der Waals surface area contributed by atoms with Crippen LogP contribution in [-0.2, 0) is 10.0 Å². The molecule has 2 aromatic heterocycles. The summed E-state index contributed by atoms with van der Waals surface area (Å²) >= 11 is 1.34. The normalized spacial score (nSPS) is 12.0. The molecule has 0 aliphatic carbocycles. The van der Waals surface area contributed by atoms with Crippen LogP contribution >= 0.6 is 11.3 Å². The number of thiazole rings is 1. The largest absolute Gasteiger partial charge is 0.422 e. The van der Waals surface area contributed by atoms with Crippen molar-refractivity contribution in [2.45, 2.75) is 4.90 Å². The number of benzene rings is 2. The molecule has 0 unspecified atom stereocenters. The van der Waals surface area contributed by atoms with Crippen molar-refractivity contribution >= 4 is 32.3 Å². The van der Waals surface area contributed by atoms with Gasteiger partial charge in [0.25, 0.3) is 0 Å². The highest BCUT2D eigenvalue weighted by Crippen LogP contribution is 2.29. The summed E-state index contributed by atoms with van der Waals surface area (Å²) in [6.45, 7) is 0. The van der Waals surface area contributed by atoms with Gasteiger partial charge in [0.05, 0.1) is 16.2 Å². The molecule has 0 saturated heterocycles. The number of aromatic nitrogens is 1. The van der Waals surface area contributed by atoms with E-state index in [4.69, 9.17) is 4.42 Å². The Labute approximate surface area is 165 Å². The van der Waals surface area contributed by atoms with Gasteiger partial charge in [0.2, 0.25) is 10.0 Å². The van der Waals surface area contributed by atoms with E-state index in [0.717, 1.165) is 10.9 Å². The number of sulfonamides is 1. The summed E-state index contributed by atoms with van der Waals surface area (Å²) in [6, 6.07) is 15.6. The molecule has 0 spiro atoms. The molecule has 2 heterocycles. The predicted molar refractivity (Wildman–Crippen MR) is 110 cm³/mol. The van der Waals surface area contributed by atoms with Crippen LogP contribution in [0.15, 0.2) is 74.1 Å². The lowest BCUT2D eigenvalue weighted by Gasteiger charge is -2.11. The minimum atomic E-state index is -3.48. The van der Waals surface area contributed by atoms with Gasteiger partial charge in [0, 0.05) is 30.4 Å². The van der Waals surface area contributed by atoms with Crippen LogP contribution in [0.2, 0.25) is 0 Å². The number of rotatable bonds is 4. The lowest BCUT2D eigenvalue weighted by Crippen LogP contribution is -2.22. The molecule has 0 atom stereocenters. The fourth-order valence-corrected chi connectivity index (χ4v) is 4.48. The van der Waals surface area contributed by atoms with Crippen LogP contribution in [0.4, 0.5) is 0 Å².